The van der Waals surface area contributed by atoms with Gasteiger partial charge in [-0.25, -0.2) is 21.2 Å². The summed E-state index contributed by atoms with van der Waals surface area (Å²) in [6.45, 7) is 0. The average Bonchev–Trinajstić information content (AvgIpc) is 2.69. The standard InChI is InChI=1S/C20H18FN3O5S2/c1-30(26,27)23-17-6-2-14(3-7-17)20(25)22-16-10-12-19(13-11-16)31(28,29)24-18-8-4-15(21)5-9-18/h2-13,23-24H,1H3,(H,22,25). The van der Waals surface area contributed by atoms with Gasteiger partial charge < -0.3 is 5.32 Å². The van der Waals surface area contributed by atoms with Crippen LogP contribution in [-0.2, 0) is 20.0 Å². The maximum absolute atomic E-state index is 13.0. The predicted molar refractivity (Wildman–Crippen MR) is 117 cm³/mol. The first-order valence-corrected chi connectivity index (χ1v) is 12.2. The van der Waals surface area contributed by atoms with Crippen LogP contribution in [0.2, 0.25) is 0 Å². The van der Waals surface area contributed by atoms with Crippen LogP contribution in [0.3, 0.4) is 0 Å². The van der Waals surface area contributed by atoms with Crippen LogP contribution in [0.25, 0.3) is 0 Å². The average molecular weight is 464 g/mol. The van der Waals surface area contributed by atoms with E-state index in [4.69, 9.17) is 0 Å². The lowest BCUT2D eigenvalue weighted by atomic mass is 10.2. The Bertz CT molecular complexity index is 1290. The van der Waals surface area contributed by atoms with Crippen molar-refractivity contribution < 1.29 is 26.0 Å². The summed E-state index contributed by atoms with van der Waals surface area (Å²) in [4.78, 5) is 12.3. The van der Waals surface area contributed by atoms with Crippen molar-refractivity contribution in [1.82, 2.24) is 0 Å². The van der Waals surface area contributed by atoms with Gasteiger partial charge in [0.15, 0.2) is 0 Å². The van der Waals surface area contributed by atoms with Crippen LogP contribution >= 0.6 is 0 Å². The molecule has 0 bridgehead atoms. The number of carbonyl (C=O) groups is 1. The minimum atomic E-state index is -3.88. The molecule has 0 aliphatic carbocycles. The van der Waals surface area contributed by atoms with Gasteiger partial charge in [-0.05, 0) is 72.8 Å². The van der Waals surface area contributed by atoms with E-state index in [1.54, 1.807) is 0 Å². The summed E-state index contributed by atoms with van der Waals surface area (Å²) in [5.74, 6) is -0.935. The van der Waals surface area contributed by atoms with E-state index >= 15 is 0 Å². The zero-order valence-corrected chi connectivity index (χ0v) is 17.8. The van der Waals surface area contributed by atoms with Crippen LogP contribution in [0.1, 0.15) is 10.4 Å². The van der Waals surface area contributed by atoms with Crippen LogP contribution in [0.15, 0.2) is 77.7 Å². The largest absolute Gasteiger partial charge is 0.322 e. The molecule has 11 heteroatoms. The highest BCUT2D eigenvalue weighted by Gasteiger charge is 2.15. The van der Waals surface area contributed by atoms with Crippen molar-refractivity contribution >= 4 is 43.0 Å². The van der Waals surface area contributed by atoms with Crippen molar-refractivity contribution in [3.8, 4) is 0 Å². The lowest BCUT2D eigenvalue weighted by Gasteiger charge is -2.10. The predicted octanol–water partition coefficient (Wildman–Crippen LogP) is 3.25. The van der Waals surface area contributed by atoms with E-state index in [2.05, 4.69) is 14.8 Å². The summed E-state index contributed by atoms with van der Waals surface area (Å²) in [5.41, 5.74) is 1.19. The molecule has 3 rings (SSSR count). The molecule has 0 heterocycles. The fraction of sp³-hybridized carbons (Fsp3) is 0.0500. The van der Waals surface area contributed by atoms with Crippen molar-refractivity contribution in [2.75, 3.05) is 21.0 Å². The molecule has 1 amide bonds. The normalized spacial score (nSPS) is 11.5. The van der Waals surface area contributed by atoms with Gasteiger partial charge in [-0.1, -0.05) is 0 Å². The second kappa shape index (κ2) is 8.74. The van der Waals surface area contributed by atoms with Crippen molar-refractivity contribution in [3.63, 3.8) is 0 Å². The lowest BCUT2D eigenvalue weighted by molar-refractivity contribution is 0.102. The molecule has 3 aromatic carbocycles. The van der Waals surface area contributed by atoms with E-state index in [-0.39, 0.29) is 16.1 Å². The second-order valence-corrected chi connectivity index (χ2v) is 9.97. The number of nitrogens with one attached hydrogen (secondary N) is 3. The molecule has 0 spiro atoms. The molecule has 0 saturated heterocycles. The van der Waals surface area contributed by atoms with Gasteiger partial charge in [-0.2, -0.15) is 0 Å². The Morgan fingerprint density at radius 1 is 0.710 bits per heavy atom. The fourth-order valence-corrected chi connectivity index (χ4v) is 4.18. The lowest BCUT2D eigenvalue weighted by Crippen LogP contribution is -2.14. The van der Waals surface area contributed by atoms with E-state index < -0.39 is 31.8 Å². The summed E-state index contributed by atoms with van der Waals surface area (Å²) in [5, 5.41) is 2.63. The first-order valence-electron chi connectivity index (χ1n) is 8.79. The van der Waals surface area contributed by atoms with Crippen molar-refractivity contribution in [2.45, 2.75) is 4.90 Å². The monoisotopic (exact) mass is 463 g/mol. The molecule has 0 aromatic heterocycles. The number of benzene rings is 3. The molecule has 162 valence electrons. The summed E-state index contributed by atoms with van der Waals surface area (Å²) in [7, 11) is -7.30. The first kappa shape index (κ1) is 22.2. The molecular weight excluding hydrogens is 445 g/mol. The Kier molecular flexibility index (Phi) is 6.27. The van der Waals surface area contributed by atoms with E-state index in [9.17, 15) is 26.0 Å². The number of carbonyl (C=O) groups excluding carboxylic acids is 1. The minimum Gasteiger partial charge on any atom is -0.322 e. The SMILES string of the molecule is CS(=O)(=O)Nc1ccc(C(=O)Nc2ccc(S(=O)(=O)Nc3ccc(F)cc3)cc2)cc1. The number of halogens is 1. The third-order valence-electron chi connectivity index (χ3n) is 3.97. The molecule has 0 aliphatic rings. The number of amides is 1. The van der Waals surface area contributed by atoms with Crippen molar-refractivity contribution in [1.29, 1.82) is 0 Å². The first-order chi connectivity index (χ1) is 14.5. The van der Waals surface area contributed by atoms with Gasteiger partial charge in [-0.15, -0.1) is 0 Å². The van der Waals surface area contributed by atoms with E-state index in [0.29, 0.717) is 11.4 Å². The zero-order chi connectivity index (χ0) is 22.6. The van der Waals surface area contributed by atoms with Gasteiger partial charge >= 0.3 is 0 Å². The van der Waals surface area contributed by atoms with Gasteiger partial charge in [0.25, 0.3) is 15.9 Å². The number of anilines is 3. The highest BCUT2D eigenvalue weighted by Crippen LogP contribution is 2.19. The Balaban J connectivity index is 1.67. The molecule has 3 aromatic rings. The number of hydrogen-bond donors (Lipinski definition) is 3. The van der Waals surface area contributed by atoms with Gasteiger partial charge in [0.1, 0.15) is 5.82 Å². The third kappa shape index (κ3) is 6.27. The summed E-state index contributed by atoms with van der Waals surface area (Å²) in [6, 6.07) is 16.2. The third-order valence-corrected chi connectivity index (χ3v) is 5.97. The molecular formula is C20H18FN3O5S2. The summed E-state index contributed by atoms with van der Waals surface area (Å²) in [6.07, 6.45) is 1.02. The minimum absolute atomic E-state index is 0.0361. The zero-order valence-electron chi connectivity index (χ0n) is 16.2. The molecule has 0 aliphatic heterocycles. The van der Waals surface area contributed by atoms with Gasteiger partial charge in [0.2, 0.25) is 10.0 Å². The maximum atomic E-state index is 13.0. The highest BCUT2D eigenvalue weighted by atomic mass is 32.2. The molecule has 0 saturated carbocycles. The summed E-state index contributed by atoms with van der Waals surface area (Å²) >= 11 is 0. The van der Waals surface area contributed by atoms with Crippen LogP contribution in [0.5, 0.6) is 0 Å². The molecule has 0 atom stereocenters. The van der Waals surface area contributed by atoms with Crippen molar-refractivity contribution in [2.24, 2.45) is 0 Å². The topological polar surface area (TPSA) is 121 Å². The summed E-state index contributed by atoms with van der Waals surface area (Å²) < 4.78 is 64.9. The Labute approximate surface area is 179 Å². The number of rotatable bonds is 7. The van der Waals surface area contributed by atoms with E-state index in [1.165, 1.54) is 60.7 Å². The fourth-order valence-electron chi connectivity index (χ4n) is 2.56. The molecule has 3 N–H and O–H groups in total. The molecule has 8 nitrogen and oxygen atoms in total. The van der Waals surface area contributed by atoms with Gasteiger partial charge in [-0.3, -0.25) is 14.2 Å². The Hall–Kier alpha value is -3.44. The van der Waals surface area contributed by atoms with Crippen LogP contribution in [-0.4, -0.2) is 29.0 Å². The smallest absolute Gasteiger partial charge is 0.261 e. The van der Waals surface area contributed by atoms with E-state index in [1.807, 2.05) is 0 Å². The van der Waals surface area contributed by atoms with Crippen LogP contribution < -0.4 is 14.8 Å². The van der Waals surface area contributed by atoms with Gasteiger partial charge in [0.05, 0.1) is 11.2 Å². The number of hydrogen-bond acceptors (Lipinski definition) is 5. The Morgan fingerprint density at radius 2 is 1.19 bits per heavy atom. The van der Waals surface area contributed by atoms with E-state index in [0.717, 1.165) is 18.4 Å². The Morgan fingerprint density at radius 3 is 1.74 bits per heavy atom. The van der Waals surface area contributed by atoms with Crippen molar-refractivity contribution in [3.05, 3.63) is 84.2 Å². The quantitative estimate of drug-likeness (QED) is 0.497. The van der Waals surface area contributed by atoms with Crippen LogP contribution in [0.4, 0.5) is 21.5 Å². The van der Waals surface area contributed by atoms with Gasteiger partial charge in [0, 0.05) is 22.6 Å². The highest BCUT2D eigenvalue weighted by molar-refractivity contribution is 7.92. The number of sulfonamides is 2. The molecule has 0 unspecified atom stereocenters. The maximum Gasteiger partial charge on any atom is 0.261 e. The van der Waals surface area contributed by atoms with Crippen LogP contribution in [0, 0.1) is 5.82 Å². The molecule has 0 fully saturated rings. The molecule has 0 radical (unpaired) electrons. The molecule has 31 heavy (non-hydrogen) atoms. The second-order valence-electron chi connectivity index (χ2n) is 6.54.